The van der Waals surface area contributed by atoms with Gasteiger partial charge in [0.05, 0.1) is 19.5 Å². The maximum atomic E-state index is 2.54. The lowest BCUT2D eigenvalue weighted by molar-refractivity contribution is -0.703. The fourth-order valence-corrected chi connectivity index (χ4v) is 5.07. The van der Waals surface area contributed by atoms with Gasteiger partial charge in [-0.3, -0.25) is 0 Å². The van der Waals surface area contributed by atoms with Crippen LogP contribution in [0.1, 0.15) is 141 Å². The molecule has 0 N–H and O–H groups in total. The van der Waals surface area contributed by atoms with Crippen molar-refractivity contribution < 1.29 is 4.57 Å². The van der Waals surface area contributed by atoms with Crippen molar-refractivity contribution in [3.8, 4) is 0 Å². The number of rotatable bonds is 22. The third-order valence-electron chi connectivity index (χ3n) is 7.30. The Morgan fingerprint density at radius 1 is 0.588 bits per heavy atom. The number of hydrogen-bond donors (Lipinski definition) is 0. The summed E-state index contributed by atoms with van der Waals surface area (Å²) in [7, 11) is 0. The SMILES string of the molecule is CCCCCCCCCCCCn1cc[n+](CCCCCCCCCC)c1Cc1ccccc1. The zero-order valence-corrected chi connectivity index (χ0v) is 22.8. The number of unbranched alkanes of at least 4 members (excludes halogenated alkanes) is 16. The Balaban J connectivity index is 1.73. The van der Waals surface area contributed by atoms with Gasteiger partial charge >= 0.3 is 0 Å². The molecule has 0 bridgehead atoms. The summed E-state index contributed by atoms with van der Waals surface area (Å²) >= 11 is 0. The average Bonchev–Trinajstić information content (AvgIpc) is 3.23. The smallest absolute Gasteiger partial charge is 0.234 e. The van der Waals surface area contributed by atoms with Gasteiger partial charge in [-0.05, 0) is 31.2 Å². The minimum absolute atomic E-state index is 1.04. The standard InChI is InChI=1S/C32H55N2/c1-3-5-7-9-11-13-14-16-18-23-27-34-29-28-33(26-22-17-15-12-10-8-6-4-2)32(34)30-31-24-20-19-21-25-31/h19-21,24-25,28-29H,3-18,22-23,26-27,30H2,1-2H3/q+1. The molecule has 0 unspecified atom stereocenters. The first-order valence-electron chi connectivity index (χ1n) is 15.0. The second-order valence-electron chi connectivity index (χ2n) is 10.4. The number of aromatic nitrogens is 2. The van der Waals surface area contributed by atoms with Gasteiger partial charge in [-0.15, -0.1) is 0 Å². The summed E-state index contributed by atoms with van der Waals surface area (Å²) in [6.45, 7) is 6.94. The Kier molecular flexibility index (Phi) is 16.6. The quantitative estimate of drug-likeness (QED) is 0.120. The van der Waals surface area contributed by atoms with Crippen LogP contribution in [0.3, 0.4) is 0 Å². The molecule has 0 fully saturated rings. The lowest BCUT2D eigenvalue weighted by Crippen LogP contribution is -2.37. The fraction of sp³-hybridized carbons (Fsp3) is 0.719. The topological polar surface area (TPSA) is 8.81 Å². The second-order valence-corrected chi connectivity index (χ2v) is 10.4. The molecule has 2 aromatic rings. The van der Waals surface area contributed by atoms with E-state index < -0.39 is 0 Å². The second kappa shape index (κ2) is 19.7. The molecule has 192 valence electrons. The number of aryl methyl sites for hydroxylation is 2. The molecule has 34 heavy (non-hydrogen) atoms. The van der Waals surface area contributed by atoms with Crippen molar-refractivity contribution in [1.82, 2.24) is 4.57 Å². The predicted molar refractivity (Wildman–Crippen MR) is 148 cm³/mol. The number of imidazole rings is 1. The van der Waals surface area contributed by atoms with Crippen LogP contribution in [0.2, 0.25) is 0 Å². The van der Waals surface area contributed by atoms with Crippen molar-refractivity contribution in [2.24, 2.45) is 0 Å². The molecule has 2 heteroatoms. The largest absolute Gasteiger partial charge is 0.260 e. The molecule has 0 saturated heterocycles. The van der Waals surface area contributed by atoms with Gasteiger partial charge < -0.3 is 0 Å². The van der Waals surface area contributed by atoms with E-state index in [1.54, 1.807) is 0 Å². The van der Waals surface area contributed by atoms with Gasteiger partial charge in [0.25, 0.3) is 5.82 Å². The molecule has 0 aliphatic carbocycles. The van der Waals surface area contributed by atoms with Crippen LogP contribution in [-0.2, 0) is 19.5 Å². The summed E-state index contributed by atoms with van der Waals surface area (Å²) in [4.78, 5) is 0. The van der Waals surface area contributed by atoms with E-state index in [1.165, 1.54) is 140 Å². The molecule has 1 aromatic carbocycles. The monoisotopic (exact) mass is 467 g/mol. The summed E-state index contributed by atoms with van der Waals surface area (Å²) < 4.78 is 5.09. The van der Waals surface area contributed by atoms with E-state index in [0.29, 0.717) is 0 Å². The number of benzene rings is 1. The molecule has 1 aromatic heterocycles. The van der Waals surface area contributed by atoms with Gasteiger partial charge in [0, 0.05) is 0 Å². The summed E-state index contributed by atoms with van der Waals surface area (Å²) in [5, 5.41) is 0. The molecular formula is C32H55N2+. The van der Waals surface area contributed by atoms with E-state index in [4.69, 9.17) is 0 Å². The van der Waals surface area contributed by atoms with Crippen LogP contribution in [-0.4, -0.2) is 4.57 Å². The van der Waals surface area contributed by atoms with Crippen molar-refractivity contribution in [2.75, 3.05) is 0 Å². The fourth-order valence-electron chi connectivity index (χ4n) is 5.07. The van der Waals surface area contributed by atoms with E-state index in [0.717, 1.165) is 6.42 Å². The molecule has 0 radical (unpaired) electrons. The number of hydrogen-bond acceptors (Lipinski definition) is 0. The van der Waals surface area contributed by atoms with Gasteiger partial charge in [-0.2, -0.15) is 0 Å². The highest BCUT2D eigenvalue weighted by molar-refractivity contribution is 5.18. The molecule has 0 atom stereocenters. The molecule has 0 spiro atoms. The van der Waals surface area contributed by atoms with Crippen LogP contribution < -0.4 is 4.57 Å². The molecule has 1 heterocycles. The van der Waals surface area contributed by atoms with Crippen molar-refractivity contribution >= 4 is 0 Å². The minimum Gasteiger partial charge on any atom is -0.234 e. The van der Waals surface area contributed by atoms with Crippen LogP contribution in [0.15, 0.2) is 42.7 Å². The van der Waals surface area contributed by atoms with Crippen molar-refractivity contribution in [1.29, 1.82) is 0 Å². The highest BCUT2D eigenvalue weighted by Crippen LogP contribution is 2.13. The Labute approximate surface area is 212 Å². The third-order valence-corrected chi connectivity index (χ3v) is 7.30. The van der Waals surface area contributed by atoms with E-state index in [9.17, 15) is 0 Å². The molecule has 0 aliphatic rings. The first-order valence-corrected chi connectivity index (χ1v) is 15.0. The molecule has 0 amide bonds. The third kappa shape index (κ3) is 12.8. The van der Waals surface area contributed by atoms with E-state index in [1.807, 2.05) is 0 Å². The van der Waals surface area contributed by atoms with Gasteiger partial charge in [0.1, 0.15) is 12.4 Å². The Morgan fingerprint density at radius 2 is 1.09 bits per heavy atom. The Hall–Kier alpha value is -1.57. The van der Waals surface area contributed by atoms with Gasteiger partial charge in [0.2, 0.25) is 0 Å². The first-order chi connectivity index (χ1) is 16.8. The normalized spacial score (nSPS) is 11.4. The predicted octanol–water partition coefficient (Wildman–Crippen LogP) is 9.43. The summed E-state index contributed by atoms with van der Waals surface area (Å²) in [5.41, 5.74) is 1.43. The molecular weight excluding hydrogens is 412 g/mol. The average molecular weight is 468 g/mol. The van der Waals surface area contributed by atoms with E-state index in [-0.39, 0.29) is 0 Å². The van der Waals surface area contributed by atoms with Crippen molar-refractivity contribution in [2.45, 2.75) is 149 Å². The minimum atomic E-state index is 1.04. The molecule has 0 aliphatic heterocycles. The van der Waals surface area contributed by atoms with Crippen molar-refractivity contribution in [3.05, 3.63) is 54.1 Å². The van der Waals surface area contributed by atoms with E-state index in [2.05, 4.69) is 65.7 Å². The Bertz CT molecular complexity index is 703. The zero-order chi connectivity index (χ0) is 24.1. The van der Waals surface area contributed by atoms with Crippen LogP contribution in [0, 0.1) is 0 Å². The lowest BCUT2D eigenvalue weighted by atomic mass is 10.1. The molecule has 2 rings (SSSR count). The lowest BCUT2D eigenvalue weighted by Gasteiger charge is -2.07. The summed E-state index contributed by atoms with van der Waals surface area (Å²) in [6.07, 6.45) is 30.9. The maximum Gasteiger partial charge on any atom is 0.260 e. The van der Waals surface area contributed by atoms with Gasteiger partial charge in [-0.1, -0.05) is 134 Å². The summed E-state index contributed by atoms with van der Waals surface area (Å²) in [5.74, 6) is 1.49. The van der Waals surface area contributed by atoms with Gasteiger partial charge in [0.15, 0.2) is 0 Å². The molecule has 2 nitrogen and oxygen atoms in total. The van der Waals surface area contributed by atoms with Crippen molar-refractivity contribution in [3.63, 3.8) is 0 Å². The summed E-state index contributed by atoms with van der Waals surface area (Å²) in [6, 6.07) is 11.0. The van der Waals surface area contributed by atoms with Crippen LogP contribution in [0.5, 0.6) is 0 Å². The maximum absolute atomic E-state index is 2.54. The first kappa shape index (κ1) is 28.7. The Morgan fingerprint density at radius 3 is 1.65 bits per heavy atom. The van der Waals surface area contributed by atoms with E-state index >= 15 is 0 Å². The highest BCUT2D eigenvalue weighted by atomic mass is 15.1. The van der Waals surface area contributed by atoms with Crippen LogP contribution in [0.25, 0.3) is 0 Å². The zero-order valence-electron chi connectivity index (χ0n) is 22.8. The highest BCUT2D eigenvalue weighted by Gasteiger charge is 2.17. The number of nitrogens with zero attached hydrogens (tertiary/aromatic N) is 2. The van der Waals surface area contributed by atoms with Crippen LogP contribution in [0.4, 0.5) is 0 Å². The van der Waals surface area contributed by atoms with Gasteiger partial charge in [-0.25, -0.2) is 9.13 Å². The van der Waals surface area contributed by atoms with Crippen LogP contribution >= 0.6 is 0 Å². The molecule has 0 saturated carbocycles.